The molecular formula is C23H22O5. The first-order valence-corrected chi connectivity index (χ1v) is 9.58. The molecule has 0 bridgehead atoms. The molecule has 0 amide bonds. The highest BCUT2D eigenvalue weighted by molar-refractivity contribution is 5.99. The number of hydrogen-bond donors (Lipinski definition) is 0. The summed E-state index contributed by atoms with van der Waals surface area (Å²) in [5, 5.41) is 0. The maximum absolute atomic E-state index is 12.3. The molecular weight excluding hydrogens is 356 g/mol. The summed E-state index contributed by atoms with van der Waals surface area (Å²) in [5.74, 6) is 0.630. The van der Waals surface area contributed by atoms with Crippen molar-refractivity contribution in [1.29, 1.82) is 0 Å². The molecule has 5 nitrogen and oxygen atoms in total. The summed E-state index contributed by atoms with van der Waals surface area (Å²) in [7, 11) is 0. The van der Waals surface area contributed by atoms with E-state index in [2.05, 4.69) is 0 Å². The van der Waals surface area contributed by atoms with Gasteiger partial charge < -0.3 is 14.2 Å². The summed E-state index contributed by atoms with van der Waals surface area (Å²) in [6.45, 7) is 0.975. The average Bonchev–Trinajstić information content (AvgIpc) is 3.06. The number of carbonyl (C=O) groups is 2. The monoisotopic (exact) mass is 378 g/mol. The third-order valence-corrected chi connectivity index (χ3v) is 4.95. The van der Waals surface area contributed by atoms with Gasteiger partial charge in [0.05, 0.1) is 13.2 Å². The summed E-state index contributed by atoms with van der Waals surface area (Å²) in [4.78, 5) is 24.3. The van der Waals surface area contributed by atoms with Crippen molar-refractivity contribution in [3.63, 3.8) is 0 Å². The smallest absolute Gasteiger partial charge is 0.331 e. The zero-order valence-corrected chi connectivity index (χ0v) is 15.6. The van der Waals surface area contributed by atoms with Crippen LogP contribution in [0, 0.1) is 0 Å². The molecule has 0 fully saturated rings. The van der Waals surface area contributed by atoms with Gasteiger partial charge in [-0.2, -0.15) is 0 Å². The maximum Gasteiger partial charge on any atom is 0.331 e. The topological polar surface area (TPSA) is 61.8 Å². The second kappa shape index (κ2) is 8.30. The lowest BCUT2D eigenvalue weighted by atomic mass is 10.0. The molecule has 1 aliphatic carbocycles. The Hall–Kier alpha value is -3.08. The SMILES string of the molecule is O=C(/C=C/c1ccc2c(c1)OCCCO2)OCC(=O)c1ccc2c(c1)CCC2. The zero-order valence-electron chi connectivity index (χ0n) is 15.6. The molecule has 144 valence electrons. The van der Waals surface area contributed by atoms with Crippen molar-refractivity contribution in [2.75, 3.05) is 19.8 Å². The van der Waals surface area contributed by atoms with Crippen LogP contribution in [-0.4, -0.2) is 31.6 Å². The first-order chi connectivity index (χ1) is 13.7. The van der Waals surface area contributed by atoms with E-state index in [0.717, 1.165) is 31.2 Å². The normalized spacial score (nSPS) is 15.1. The molecule has 0 saturated heterocycles. The number of Topliss-reactive ketones (excluding diaryl/α,β-unsaturated/α-hetero) is 1. The van der Waals surface area contributed by atoms with Gasteiger partial charge in [0.25, 0.3) is 0 Å². The van der Waals surface area contributed by atoms with Gasteiger partial charge in [0.1, 0.15) is 0 Å². The van der Waals surface area contributed by atoms with Crippen LogP contribution < -0.4 is 9.47 Å². The van der Waals surface area contributed by atoms with Crippen LogP contribution in [0.3, 0.4) is 0 Å². The second-order valence-corrected chi connectivity index (χ2v) is 6.96. The van der Waals surface area contributed by atoms with E-state index in [1.165, 1.54) is 17.2 Å². The molecule has 1 heterocycles. The van der Waals surface area contributed by atoms with Gasteiger partial charge in [0.15, 0.2) is 23.9 Å². The van der Waals surface area contributed by atoms with Crippen LogP contribution in [0.4, 0.5) is 0 Å². The predicted octanol–water partition coefficient (Wildman–Crippen LogP) is 3.78. The highest BCUT2D eigenvalue weighted by atomic mass is 16.5. The Balaban J connectivity index is 1.33. The predicted molar refractivity (Wildman–Crippen MR) is 105 cm³/mol. The first kappa shape index (κ1) is 18.3. The molecule has 0 radical (unpaired) electrons. The van der Waals surface area contributed by atoms with Crippen molar-refractivity contribution < 1.29 is 23.8 Å². The van der Waals surface area contributed by atoms with Gasteiger partial charge in [-0.15, -0.1) is 0 Å². The van der Waals surface area contributed by atoms with E-state index >= 15 is 0 Å². The molecule has 0 spiro atoms. The van der Waals surface area contributed by atoms with Crippen LogP contribution in [0.2, 0.25) is 0 Å². The van der Waals surface area contributed by atoms with Gasteiger partial charge in [0.2, 0.25) is 0 Å². The lowest BCUT2D eigenvalue weighted by molar-refractivity contribution is -0.136. The molecule has 0 aromatic heterocycles. The fourth-order valence-electron chi connectivity index (χ4n) is 3.46. The minimum Gasteiger partial charge on any atom is -0.490 e. The number of ketones is 1. The van der Waals surface area contributed by atoms with Crippen molar-refractivity contribution in [3.05, 3.63) is 64.7 Å². The molecule has 4 rings (SSSR count). The van der Waals surface area contributed by atoms with Crippen molar-refractivity contribution in [2.24, 2.45) is 0 Å². The fraction of sp³-hybridized carbons (Fsp3) is 0.304. The highest BCUT2D eigenvalue weighted by Crippen LogP contribution is 2.30. The molecule has 2 aliphatic rings. The maximum atomic E-state index is 12.3. The van der Waals surface area contributed by atoms with Crippen LogP contribution in [0.5, 0.6) is 11.5 Å². The van der Waals surface area contributed by atoms with Gasteiger partial charge in [-0.05, 0) is 60.2 Å². The average molecular weight is 378 g/mol. The van der Waals surface area contributed by atoms with Crippen molar-refractivity contribution in [2.45, 2.75) is 25.7 Å². The molecule has 2 aromatic rings. The Bertz CT molecular complexity index is 929. The van der Waals surface area contributed by atoms with E-state index in [1.807, 2.05) is 36.4 Å². The third-order valence-electron chi connectivity index (χ3n) is 4.95. The van der Waals surface area contributed by atoms with Crippen molar-refractivity contribution in [1.82, 2.24) is 0 Å². The fourth-order valence-corrected chi connectivity index (χ4v) is 3.46. The third kappa shape index (κ3) is 4.25. The van der Waals surface area contributed by atoms with Crippen LogP contribution in [0.25, 0.3) is 6.08 Å². The van der Waals surface area contributed by atoms with Gasteiger partial charge in [-0.1, -0.05) is 18.2 Å². The summed E-state index contributed by atoms with van der Waals surface area (Å²) in [5.41, 5.74) is 3.93. The molecule has 28 heavy (non-hydrogen) atoms. The molecule has 2 aromatic carbocycles. The number of rotatable bonds is 5. The number of aryl methyl sites for hydroxylation is 2. The van der Waals surface area contributed by atoms with Crippen molar-refractivity contribution in [3.8, 4) is 11.5 Å². The molecule has 0 saturated carbocycles. The zero-order chi connectivity index (χ0) is 19.3. The van der Waals surface area contributed by atoms with Gasteiger partial charge in [-0.25, -0.2) is 4.79 Å². The van der Waals surface area contributed by atoms with Crippen LogP contribution in [0.15, 0.2) is 42.5 Å². The van der Waals surface area contributed by atoms with E-state index in [-0.39, 0.29) is 12.4 Å². The molecule has 1 aliphatic heterocycles. The summed E-state index contributed by atoms with van der Waals surface area (Å²) < 4.78 is 16.3. The van der Waals surface area contributed by atoms with Crippen LogP contribution in [-0.2, 0) is 22.4 Å². The van der Waals surface area contributed by atoms with Crippen LogP contribution >= 0.6 is 0 Å². The van der Waals surface area contributed by atoms with Crippen LogP contribution in [0.1, 0.15) is 39.9 Å². The summed E-state index contributed by atoms with van der Waals surface area (Å²) >= 11 is 0. The molecule has 0 unspecified atom stereocenters. The van der Waals surface area contributed by atoms with Gasteiger partial charge in [0, 0.05) is 18.1 Å². The number of ether oxygens (including phenoxy) is 3. The Morgan fingerprint density at radius 2 is 1.75 bits per heavy atom. The van der Waals surface area contributed by atoms with E-state index in [4.69, 9.17) is 14.2 Å². The number of hydrogen-bond acceptors (Lipinski definition) is 5. The largest absolute Gasteiger partial charge is 0.490 e. The second-order valence-electron chi connectivity index (χ2n) is 6.96. The molecule has 0 atom stereocenters. The Morgan fingerprint density at radius 3 is 2.64 bits per heavy atom. The van der Waals surface area contributed by atoms with E-state index in [9.17, 15) is 9.59 Å². The minimum absolute atomic E-state index is 0.188. The van der Waals surface area contributed by atoms with Gasteiger partial charge in [-0.3, -0.25) is 4.79 Å². The Labute approximate surface area is 163 Å². The summed E-state index contributed by atoms with van der Waals surface area (Å²) in [6, 6.07) is 11.2. The minimum atomic E-state index is -0.554. The Kier molecular flexibility index (Phi) is 5.42. The standard InChI is InChI=1S/C23H22O5/c24-20(19-8-7-17-3-1-4-18(17)14-19)15-28-23(25)10-6-16-5-9-21-22(13-16)27-12-2-11-26-21/h5-10,13-14H,1-4,11-12,15H2/b10-6+. The van der Waals surface area contributed by atoms with Crippen molar-refractivity contribution >= 4 is 17.8 Å². The summed E-state index contributed by atoms with van der Waals surface area (Å²) in [6.07, 6.45) is 7.00. The number of benzene rings is 2. The van der Waals surface area contributed by atoms with Gasteiger partial charge >= 0.3 is 5.97 Å². The number of esters is 1. The molecule has 5 heteroatoms. The van der Waals surface area contributed by atoms with E-state index < -0.39 is 5.97 Å². The van der Waals surface area contributed by atoms with E-state index in [0.29, 0.717) is 30.3 Å². The number of carbonyl (C=O) groups excluding carboxylic acids is 2. The lowest BCUT2D eigenvalue weighted by Gasteiger charge is -2.07. The van der Waals surface area contributed by atoms with E-state index in [1.54, 1.807) is 6.08 Å². The molecule has 0 N–H and O–H groups in total. The quantitative estimate of drug-likeness (QED) is 0.450. The lowest BCUT2D eigenvalue weighted by Crippen LogP contribution is -2.12. The Morgan fingerprint density at radius 1 is 0.929 bits per heavy atom. The highest BCUT2D eigenvalue weighted by Gasteiger charge is 2.15. The number of fused-ring (bicyclic) bond motifs is 2. The first-order valence-electron chi connectivity index (χ1n) is 9.58.